The van der Waals surface area contributed by atoms with Crippen LogP contribution in [0.1, 0.15) is 25.3 Å². The fourth-order valence-electron chi connectivity index (χ4n) is 3.90. The molecule has 1 fully saturated rings. The number of esters is 1. The van der Waals surface area contributed by atoms with Crippen molar-refractivity contribution in [3.8, 4) is 11.5 Å². The molecule has 2 aliphatic rings. The first-order valence-electron chi connectivity index (χ1n) is 10.2. The van der Waals surface area contributed by atoms with Crippen LogP contribution in [0.5, 0.6) is 11.5 Å². The summed E-state index contributed by atoms with van der Waals surface area (Å²) in [5.74, 6) is 0.0145. The highest BCUT2D eigenvalue weighted by molar-refractivity contribution is 8.02. The molecule has 0 aromatic heterocycles. The molecule has 0 saturated carbocycles. The summed E-state index contributed by atoms with van der Waals surface area (Å²) < 4.78 is 16.0. The van der Waals surface area contributed by atoms with Crippen LogP contribution in [0.4, 0.5) is 5.69 Å². The van der Waals surface area contributed by atoms with Crippen molar-refractivity contribution in [1.29, 1.82) is 0 Å². The normalized spacial score (nSPS) is 19.7. The Kier molecular flexibility index (Phi) is 6.01. The predicted molar refractivity (Wildman–Crippen MR) is 119 cm³/mol. The summed E-state index contributed by atoms with van der Waals surface area (Å²) in [7, 11) is 3.09. The number of benzene rings is 2. The summed E-state index contributed by atoms with van der Waals surface area (Å²) in [5.41, 5.74) is 1.52. The highest BCUT2D eigenvalue weighted by atomic mass is 32.2. The maximum atomic E-state index is 13.2. The van der Waals surface area contributed by atoms with Gasteiger partial charge in [0.1, 0.15) is 0 Å². The lowest BCUT2D eigenvalue weighted by Gasteiger charge is -2.29. The van der Waals surface area contributed by atoms with Crippen LogP contribution in [-0.2, 0) is 25.7 Å². The molecule has 168 valence electrons. The van der Waals surface area contributed by atoms with Gasteiger partial charge in [-0.25, -0.2) is 4.79 Å². The van der Waals surface area contributed by atoms with Gasteiger partial charge in [-0.05, 0) is 36.8 Å². The van der Waals surface area contributed by atoms with Crippen LogP contribution >= 0.6 is 11.8 Å². The van der Waals surface area contributed by atoms with Crippen molar-refractivity contribution in [3.63, 3.8) is 0 Å². The Hall–Kier alpha value is -3.20. The van der Waals surface area contributed by atoms with Gasteiger partial charge in [-0.15, -0.1) is 0 Å². The molecule has 8 nitrogen and oxygen atoms in total. The first-order valence-corrected chi connectivity index (χ1v) is 11.0. The van der Waals surface area contributed by atoms with Gasteiger partial charge in [-0.3, -0.25) is 14.5 Å². The van der Waals surface area contributed by atoms with Crippen LogP contribution in [0, 0.1) is 0 Å². The fourth-order valence-corrected chi connectivity index (χ4v) is 5.30. The van der Waals surface area contributed by atoms with Crippen molar-refractivity contribution in [1.82, 2.24) is 5.32 Å². The minimum atomic E-state index is -1.15. The van der Waals surface area contributed by atoms with Crippen molar-refractivity contribution >= 4 is 35.2 Å². The van der Waals surface area contributed by atoms with Gasteiger partial charge in [0.2, 0.25) is 5.91 Å². The van der Waals surface area contributed by atoms with E-state index in [0.717, 1.165) is 10.5 Å². The maximum Gasteiger partial charge on any atom is 0.344 e. The fraction of sp³-hybridized carbons (Fsp3) is 0.348. The van der Waals surface area contributed by atoms with E-state index in [9.17, 15) is 14.4 Å². The molecule has 9 heteroatoms. The standard InChI is InChI=1S/C23H24N2O6S/c1-14(21(27)24-13-15-8-9-17(29-2)18(12-15)30-3)31-22(28)23-11-10-20(26)25(23)16-6-4-5-7-19(16)32-23/h4-9,12,14H,10-11,13H2,1-3H3,(H,24,27)/t14-,23+/m0/s1. The summed E-state index contributed by atoms with van der Waals surface area (Å²) in [5, 5.41) is 2.77. The molecule has 0 radical (unpaired) electrons. The average Bonchev–Trinajstić information content (AvgIpc) is 3.32. The molecule has 2 heterocycles. The number of fused-ring (bicyclic) bond motifs is 3. The molecular weight excluding hydrogens is 432 g/mol. The van der Waals surface area contributed by atoms with Gasteiger partial charge < -0.3 is 19.5 Å². The van der Waals surface area contributed by atoms with Crippen molar-refractivity contribution < 1.29 is 28.6 Å². The van der Waals surface area contributed by atoms with E-state index in [1.165, 1.54) is 30.7 Å². The second-order valence-electron chi connectivity index (χ2n) is 7.54. The van der Waals surface area contributed by atoms with Gasteiger partial charge >= 0.3 is 5.97 Å². The van der Waals surface area contributed by atoms with Crippen LogP contribution in [0.15, 0.2) is 47.4 Å². The van der Waals surface area contributed by atoms with E-state index >= 15 is 0 Å². The number of hydrogen-bond acceptors (Lipinski definition) is 7. The third-order valence-corrected chi connectivity index (χ3v) is 7.02. The topological polar surface area (TPSA) is 94.2 Å². The number of methoxy groups -OCH3 is 2. The van der Waals surface area contributed by atoms with Crippen LogP contribution in [0.2, 0.25) is 0 Å². The number of carbonyl (C=O) groups is 3. The molecular formula is C23H24N2O6S. The van der Waals surface area contributed by atoms with E-state index < -0.39 is 22.9 Å². The van der Waals surface area contributed by atoms with Crippen molar-refractivity contribution in [2.75, 3.05) is 19.1 Å². The predicted octanol–water partition coefficient (Wildman–Crippen LogP) is 2.88. The molecule has 4 rings (SSSR count). The number of nitrogens with zero attached hydrogens (tertiary/aromatic N) is 1. The van der Waals surface area contributed by atoms with E-state index in [-0.39, 0.29) is 18.9 Å². The van der Waals surface area contributed by atoms with Gasteiger partial charge in [0.15, 0.2) is 22.5 Å². The number of amides is 2. The Bertz CT molecular complexity index is 1070. The monoisotopic (exact) mass is 456 g/mol. The zero-order valence-corrected chi connectivity index (χ0v) is 18.9. The number of anilines is 1. The largest absolute Gasteiger partial charge is 0.493 e. The van der Waals surface area contributed by atoms with Crippen molar-refractivity contribution in [3.05, 3.63) is 48.0 Å². The number of carbonyl (C=O) groups excluding carboxylic acids is 3. The van der Waals surface area contributed by atoms with Gasteiger partial charge in [0, 0.05) is 24.3 Å². The van der Waals surface area contributed by atoms with E-state index in [1.54, 1.807) is 19.2 Å². The molecule has 32 heavy (non-hydrogen) atoms. The van der Waals surface area contributed by atoms with Crippen LogP contribution in [0.25, 0.3) is 0 Å². The molecule has 0 unspecified atom stereocenters. The highest BCUT2D eigenvalue weighted by Crippen LogP contribution is 2.56. The number of para-hydroxylation sites is 1. The number of rotatable bonds is 7. The minimum absolute atomic E-state index is 0.120. The molecule has 0 aliphatic carbocycles. The molecule has 0 spiro atoms. The Morgan fingerprint density at radius 1 is 1.16 bits per heavy atom. The SMILES string of the molecule is COc1ccc(CNC(=O)[C@H](C)OC(=O)[C@]23CCC(=O)N2c2ccccc2S3)cc1OC. The lowest BCUT2D eigenvalue weighted by Crippen LogP contribution is -2.50. The molecule has 1 saturated heterocycles. The van der Waals surface area contributed by atoms with Gasteiger partial charge in [0.05, 0.1) is 19.9 Å². The van der Waals surface area contributed by atoms with Crippen molar-refractivity contribution in [2.45, 2.75) is 42.2 Å². The Balaban J connectivity index is 1.41. The molecule has 1 N–H and O–H groups in total. The summed E-state index contributed by atoms with van der Waals surface area (Å²) in [4.78, 5) is 39.5. The summed E-state index contributed by atoms with van der Waals surface area (Å²) in [6.07, 6.45) is -0.417. The molecule has 2 aromatic carbocycles. The Morgan fingerprint density at radius 2 is 1.91 bits per heavy atom. The zero-order chi connectivity index (χ0) is 22.9. The Labute approximate surface area is 190 Å². The first-order chi connectivity index (χ1) is 15.4. The minimum Gasteiger partial charge on any atom is -0.493 e. The maximum absolute atomic E-state index is 13.2. The van der Waals surface area contributed by atoms with Gasteiger partial charge in [-0.2, -0.15) is 0 Å². The summed E-state index contributed by atoms with van der Waals surface area (Å²) >= 11 is 1.31. The number of hydrogen-bond donors (Lipinski definition) is 1. The van der Waals surface area contributed by atoms with Crippen molar-refractivity contribution in [2.24, 2.45) is 0 Å². The lowest BCUT2D eigenvalue weighted by atomic mass is 10.2. The Morgan fingerprint density at radius 3 is 2.66 bits per heavy atom. The zero-order valence-electron chi connectivity index (χ0n) is 18.0. The van der Waals surface area contributed by atoms with Crippen LogP contribution in [-0.4, -0.2) is 43.0 Å². The van der Waals surface area contributed by atoms with Gasteiger partial charge in [-0.1, -0.05) is 30.0 Å². The van der Waals surface area contributed by atoms with E-state index in [1.807, 2.05) is 30.3 Å². The average molecular weight is 457 g/mol. The number of nitrogens with one attached hydrogen (secondary N) is 1. The second kappa shape index (κ2) is 8.74. The van der Waals surface area contributed by atoms with Crippen LogP contribution in [0.3, 0.4) is 0 Å². The highest BCUT2D eigenvalue weighted by Gasteiger charge is 2.58. The molecule has 2 amide bonds. The second-order valence-corrected chi connectivity index (χ2v) is 8.86. The molecule has 2 atom stereocenters. The quantitative estimate of drug-likeness (QED) is 0.640. The van der Waals surface area contributed by atoms with E-state index in [4.69, 9.17) is 14.2 Å². The third kappa shape index (κ3) is 3.77. The first kappa shape index (κ1) is 22.0. The smallest absolute Gasteiger partial charge is 0.344 e. The van der Waals surface area contributed by atoms with Gasteiger partial charge in [0.25, 0.3) is 5.91 Å². The molecule has 0 bridgehead atoms. The molecule has 2 aromatic rings. The summed E-state index contributed by atoms with van der Waals surface area (Å²) in [6.45, 7) is 1.75. The third-order valence-electron chi connectivity index (χ3n) is 5.56. The number of thioether (sulfide) groups is 1. The number of ether oxygens (including phenoxy) is 3. The van der Waals surface area contributed by atoms with Crippen LogP contribution < -0.4 is 19.7 Å². The molecule has 2 aliphatic heterocycles. The lowest BCUT2D eigenvalue weighted by molar-refractivity contribution is -0.157. The van der Waals surface area contributed by atoms with E-state index in [2.05, 4.69) is 5.32 Å². The summed E-state index contributed by atoms with van der Waals surface area (Å²) in [6, 6.07) is 12.7. The van der Waals surface area contributed by atoms with E-state index in [0.29, 0.717) is 23.6 Å².